The molecule has 1 heterocycles. The van der Waals surface area contributed by atoms with Crippen LogP contribution in [0.15, 0.2) is 6.20 Å². The van der Waals surface area contributed by atoms with Gasteiger partial charge >= 0.3 is 0 Å². The molecule has 0 aliphatic carbocycles. The Hall–Kier alpha value is -1.12. The van der Waals surface area contributed by atoms with Crippen molar-refractivity contribution in [3.05, 3.63) is 6.20 Å². The lowest BCUT2D eigenvalue weighted by Crippen LogP contribution is -2.58. The number of hydrogen-bond acceptors (Lipinski definition) is 3. The van der Waals surface area contributed by atoms with Crippen LogP contribution in [0.25, 0.3) is 0 Å². The zero-order valence-corrected chi connectivity index (χ0v) is 4.70. The summed E-state index contributed by atoms with van der Waals surface area (Å²) in [6, 6.07) is -0.408. The van der Waals surface area contributed by atoms with Gasteiger partial charge in [0.15, 0.2) is 0 Å². The fourth-order valence-electron chi connectivity index (χ4n) is 0.660. The molecule has 1 amide bonds. The number of carbonyl (C=O) groups excluding carboxylic acids is 2. The first-order chi connectivity index (χ1) is 4.25. The smallest absolute Gasteiger partial charge is 0.245 e. The summed E-state index contributed by atoms with van der Waals surface area (Å²) < 4.78 is 0. The molecule has 4 heteroatoms. The highest BCUT2D eigenvalue weighted by molar-refractivity contribution is 5.89. The first-order valence-corrected chi connectivity index (χ1v) is 2.53. The Morgan fingerprint density at radius 3 is 2.89 bits per heavy atom. The molecule has 0 saturated carbocycles. The average Bonchev–Trinajstić information content (AvgIpc) is 1.88. The first-order valence-electron chi connectivity index (χ1n) is 2.53. The predicted octanol–water partition coefficient (Wildman–Crippen LogP) is -1.50. The van der Waals surface area contributed by atoms with Gasteiger partial charge in [0.05, 0.1) is 12.7 Å². The minimum absolute atomic E-state index is 0.210. The zero-order chi connectivity index (χ0) is 6.85. The van der Waals surface area contributed by atoms with Crippen LogP contribution in [0, 0.1) is 0 Å². The van der Waals surface area contributed by atoms with Crippen molar-refractivity contribution >= 4 is 11.8 Å². The molecule has 9 heavy (non-hydrogen) atoms. The minimum Gasteiger partial charge on any atom is -0.318 e. The quantitative estimate of drug-likeness (QED) is 0.343. The minimum atomic E-state index is -0.408. The molecule has 0 aromatic carbocycles. The molecule has 1 fully saturated rings. The highest BCUT2D eigenvalue weighted by Crippen LogP contribution is 2.05. The van der Waals surface area contributed by atoms with Crippen molar-refractivity contribution < 1.29 is 9.59 Å². The Kier molecular flexibility index (Phi) is 1.34. The molecule has 1 aliphatic heterocycles. The summed E-state index contributed by atoms with van der Waals surface area (Å²) >= 11 is 0. The molecule has 4 nitrogen and oxygen atoms in total. The van der Waals surface area contributed by atoms with Gasteiger partial charge in [0.25, 0.3) is 0 Å². The third-order valence-corrected chi connectivity index (χ3v) is 1.20. The largest absolute Gasteiger partial charge is 0.318 e. The van der Waals surface area contributed by atoms with Crippen molar-refractivity contribution in [1.29, 1.82) is 0 Å². The third-order valence-electron chi connectivity index (χ3n) is 1.20. The van der Waals surface area contributed by atoms with Crippen molar-refractivity contribution in [2.75, 3.05) is 6.54 Å². The van der Waals surface area contributed by atoms with E-state index in [1.165, 1.54) is 10.8 Å². The van der Waals surface area contributed by atoms with Crippen LogP contribution < -0.4 is 5.73 Å². The average molecular weight is 126 g/mol. The zero-order valence-electron chi connectivity index (χ0n) is 4.70. The van der Waals surface area contributed by atoms with E-state index in [-0.39, 0.29) is 5.91 Å². The van der Waals surface area contributed by atoms with Crippen molar-refractivity contribution in [2.45, 2.75) is 6.04 Å². The van der Waals surface area contributed by atoms with Crippen LogP contribution >= 0.6 is 0 Å². The molecule has 1 rings (SSSR count). The van der Waals surface area contributed by atoms with Gasteiger partial charge < -0.3 is 10.6 Å². The fourth-order valence-corrected chi connectivity index (χ4v) is 0.660. The normalized spacial score (nSPS) is 24.8. The van der Waals surface area contributed by atoms with E-state index in [0.717, 1.165) is 6.20 Å². The summed E-state index contributed by atoms with van der Waals surface area (Å²) in [5, 5.41) is 0. The van der Waals surface area contributed by atoms with Gasteiger partial charge in [-0.05, 0) is 0 Å². The maximum atomic E-state index is 10.5. The van der Waals surface area contributed by atoms with Crippen LogP contribution in [0.5, 0.6) is 0 Å². The van der Waals surface area contributed by atoms with Crippen molar-refractivity contribution in [3.8, 4) is 0 Å². The molecule has 1 unspecified atom stereocenters. The lowest BCUT2D eigenvalue weighted by molar-refractivity contribution is -0.138. The second kappa shape index (κ2) is 2.01. The monoisotopic (exact) mass is 126 g/mol. The molecule has 0 aromatic heterocycles. The Morgan fingerprint density at radius 1 is 1.89 bits per heavy atom. The van der Waals surface area contributed by atoms with Crippen LogP contribution in [-0.2, 0) is 9.59 Å². The molecule has 48 valence electrons. The molecule has 1 saturated heterocycles. The van der Waals surface area contributed by atoms with E-state index in [2.05, 4.69) is 0 Å². The van der Waals surface area contributed by atoms with E-state index < -0.39 is 6.04 Å². The highest BCUT2D eigenvalue weighted by Gasteiger charge is 2.31. The van der Waals surface area contributed by atoms with Gasteiger partial charge in [0, 0.05) is 0 Å². The van der Waals surface area contributed by atoms with Crippen LogP contribution in [-0.4, -0.2) is 29.3 Å². The maximum Gasteiger partial charge on any atom is 0.245 e. The molecule has 0 bridgehead atoms. The van der Waals surface area contributed by atoms with Gasteiger partial charge in [-0.2, -0.15) is 0 Å². The molecule has 1 atom stereocenters. The first kappa shape index (κ1) is 6.01. The number of amides is 1. The SMILES string of the molecule is NC1CN(C=C=O)C1=O. The summed E-state index contributed by atoms with van der Waals surface area (Å²) in [5.74, 6) is 1.29. The van der Waals surface area contributed by atoms with E-state index in [9.17, 15) is 9.59 Å². The number of likely N-dealkylation sites (tertiary alicyclic amines) is 1. The fraction of sp³-hybridized carbons (Fsp3) is 0.400. The number of nitrogens with zero attached hydrogens (tertiary/aromatic N) is 1. The van der Waals surface area contributed by atoms with Gasteiger partial charge in [-0.25, -0.2) is 4.79 Å². The summed E-state index contributed by atoms with van der Waals surface area (Å²) in [6.07, 6.45) is 1.06. The van der Waals surface area contributed by atoms with Crippen LogP contribution in [0.4, 0.5) is 0 Å². The Balaban J connectivity index is 2.52. The molecular weight excluding hydrogens is 120 g/mol. The summed E-state index contributed by atoms with van der Waals surface area (Å²) in [5.41, 5.74) is 5.20. The van der Waals surface area contributed by atoms with Gasteiger partial charge in [-0.3, -0.25) is 4.79 Å². The lowest BCUT2D eigenvalue weighted by Gasteiger charge is -2.31. The highest BCUT2D eigenvalue weighted by atomic mass is 16.2. The van der Waals surface area contributed by atoms with E-state index in [1.807, 2.05) is 0 Å². The molecule has 0 radical (unpaired) electrons. The maximum absolute atomic E-state index is 10.5. The topological polar surface area (TPSA) is 63.4 Å². The number of nitrogens with two attached hydrogens (primary N) is 1. The molecule has 0 spiro atoms. The number of rotatable bonds is 1. The number of β-lactam (4-membered cyclic amide) rings is 1. The second-order valence-electron chi connectivity index (χ2n) is 1.84. The molecule has 1 aliphatic rings. The van der Waals surface area contributed by atoms with E-state index in [0.29, 0.717) is 6.54 Å². The molecule has 0 aromatic rings. The third kappa shape index (κ3) is 0.850. The lowest BCUT2D eigenvalue weighted by atomic mass is 10.1. The van der Waals surface area contributed by atoms with Crippen LogP contribution in [0.2, 0.25) is 0 Å². The standard InChI is InChI=1S/C5H6N2O2/c6-4-3-7(1-2-8)5(4)9/h1,4H,3,6H2. The molecule has 2 N–H and O–H groups in total. The van der Waals surface area contributed by atoms with Gasteiger partial charge in [-0.15, -0.1) is 0 Å². The van der Waals surface area contributed by atoms with Crippen molar-refractivity contribution in [2.24, 2.45) is 5.73 Å². The van der Waals surface area contributed by atoms with E-state index in [1.54, 1.807) is 0 Å². The number of hydrogen-bond donors (Lipinski definition) is 1. The second-order valence-corrected chi connectivity index (χ2v) is 1.84. The summed E-state index contributed by atoms with van der Waals surface area (Å²) in [6.45, 7) is 0.439. The predicted molar refractivity (Wildman–Crippen MR) is 30.0 cm³/mol. The Morgan fingerprint density at radius 2 is 2.56 bits per heavy atom. The van der Waals surface area contributed by atoms with Gasteiger partial charge in [0.2, 0.25) is 5.91 Å². The summed E-state index contributed by atoms with van der Waals surface area (Å²) in [4.78, 5) is 21.4. The Bertz CT molecular complexity index is 183. The molecular formula is C5H6N2O2. The van der Waals surface area contributed by atoms with Crippen LogP contribution in [0.1, 0.15) is 0 Å². The van der Waals surface area contributed by atoms with Crippen LogP contribution in [0.3, 0.4) is 0 Å². The number of carbonyl (C=O) groups is 1. The van der Waals surface area contributed by atoms with E-state index >= 15 is 0 Å². The Labute approximate surface area is 51.9 Å². The van der Waals surface area contributed by atoms with Gasteiger partial charge in [0.1, 0.15) is 12.0 Å². The van der Waals surface area contributed by atoms with E-state index in [4.69, 9.17) is 5.73 Å². The van der Waals surface area contributed by atoms with Crippen molar-refractivity contribution in [1.82, 2.24) is 4.90 Å². The summed E-state index contributed by atoms with van der Waals surface area (Å²) in [7, 11) is 0. The van der Waals surface area contributed by atoms with Gasteiger partial charge in [-0.1, -0.05) is 0 Å². The van der Waals surface area contributed by atoms with Crippen molar-refractivity contribution in [3.63, 3.8) is 0 Å².